The molecule has 0 aromatic rings. The van der Waals surface area contributed by atoms with Crippen LogP contribution in [0.2, 0.25) is 0 Å². The minimum Gasteiger partial charge on any atom is -0.458 e. The number of Topliss-reactive ketones (excluding diaryl/α,β-unsaturated/α-hetero) is 1. The summed E-state index contributed by atoms with van der Waals surface area (Å²) in [7, 11) is 0. The maximum atomic E-state index is 14.3. The number of carbonyl (C=O) groups excluding carboxylic acids is 6. The van der Waals surface area contributed by atoms with Gasteiger partial charge < -0.3 is 18.9 Å². The van der Waals surface area contributed by atoms with Crippen molar-refractivity contribution in [1.82, 2.24) is 0 Å². The topological polar surface area (TPSA) is 139 Å². The Labute approximate surface area is 222 Å². The van der Waals surface area contributed by atoms with Gasteiger partial charge in [0.25, 0.3) is 0 Å². The van der Waals surface area contributed by atoms with Crippen LogP contribution in [0.3, 0.4) is 0 Å². The monoisotopic (exact) mass is 532 g/mol. The molecule has 10 heteroatoms. The number of allylic oxidation sites excluding steroid dienone is 3. The first-order chi connectivity index (χ1) is 17.4. The van der Waals surface area contributed by atoms with Crippen LogP contribution >= 0.6 is 0 Å². The van der Waals surface area contributed by atoms with E-state index in [1.807, 2.05) is 0 Å². The second-order valence-electron chi connectivity index (χ2n) is 10.7. The highest BCUT2D eigenvalue weighted by Gasteiger charge is 2.71. The smallest absolute Gasteiger partial charge is 0.303 e. The molecule has 2 aliphatic rings. The van der Waals surface area contributed by atoms with E-state index in [9.17, 15) is 28.8 Å². The highest BCUT2D eigenvalue weighted by atomic mass is 16.6. The van der Waals surface area contributed by atoms with Crippen molar-refractivity contribution in [3.05, 3.63) is 36.5 Å². The van der Waals surface area contributed by atoms with Gasteiger partial charge >= 0.3 is 23.9 Å². The molecule has 10 nitrogen and oxygen atoms in total. The summed E-state index contributed by atoms with van der Waals surface area (Å²) in [6.45, 7) is 14.8. The lowest BCUT2D eigenvalue weighted by atomic mass is 9.74. The van der Waals surface area contributed by atoms with Gasteiger partial charge in [-0.2, -0.15) is 0 Å². The van der Waals surface area contributed by atoms with Crippen molar-refractivity contribution in [2.75, 3.05) is 0 Å². The molecular weight excluding hydrogens is 496 g/mol. The van der Waals surface area contributed by atoms with Gasteiger partial charge in [-0.25, -0.2) is 0 Å². The second-order valence-corrected chi connectivity index (χ2v) is 10.7. The fourth-order valence-corrected chi connectivity index (χ4v) is 5.22. The summed E-state index contributed by atoms with van der Waals surface area (Å²) in [6.07, 6.45) is 2.49. The van der Waals surface area contributed by atoms with Crippen LogP contribution in [0.15, 0.2) is 36.5 Å². The average molecular weight is 533 g/mol. The number of hydrogen-bond donors (Lipinski definition) is 0. The van der Waals surface area contributed by atoms with Gasteiger partial charge in [0.15, 0.2) is 28.9 Å². The molecule has 0 spiro atoms. The van der Waals surface area contributed by atoms with Crippen molar-refractivity contribution in [3.8, 4) is 0 Å². The summed E-state index contributed by atoms with van der Waals surface area (Å²) in [5.74, 6) is -6.37. The van der Waals surface area contributed by atoms with Crippen molar-refractivity contribution in [1.29, 1.82) is 0 Å². The lowest BCUT2D eigenvalue weighted by Crippen LogP contribution is -2.56. The normalized spacial score (nSPS) is 33.7. The van der Waals surface area contributed by atoms with Crippen LogP contribution in [0, 0.1) is 17.3 Å². The molecule has 6 atom stereocenters. The van der Waals surface area contributed by atoms with E-state index < -0.39 is 76.7 Å². The number of ether oxygens (including phenoxy) is 4. The van der Waals surface area contributed by atoms with Crippen molar-refractivity contribution >= 4 is 35.4 Å². The summed E-state index contributed by atoms with van der Waals surface area (Å²) in [5.41, 5.74) is -4.68. The Kier molecular flexibility index (Phi) is 8.91. The van der Waals surface area contributed by atoms with Gasteiger partial charge in [0, 0.05) is 45.4 Å². The van der Waals surface area contributed by atoms with E-state index in [1.165, 1.54) is 25.2 Å². The molecule has 2 rings (SSSR count). The number of esters is 4. The van der Waals surface area contributed by atoms with E-state index in [4.69, 9.17) is 18.9 Å². The van der Waals surface area contributed by atoms with E-state index in [1.54, 1.807) is 26.8 Å². The number of carbonyl (C=O) groups is 6. The fourth-order valence-electron chi connectivity index (χ4n) is 5.22. The minimum atomic E-state index is -2.08. The third-order valence-corrected chi connectivity index (χ3v) is 6.78. The first kappa shape index (κ1) is 30.7. The molecule has 208 valence electrons. The van der Waals surface area contributed by atoms with Crippen LogP contribution in [0.4, 0.5) is 0 Å². The van der Waals surface area contributed by atoms with Gasteiger partial charge in [-0.1, -0.05) is 31.7 Å². The second kappa shape index (κ2) is 11.0. The van der Waals surface area contributed by atoms with Gasteiger partial charge in [-0.15, -0.1) is 0 Å². The Morgan fingerprint density at radius 2 is 1.42 bits per heavy atom. The third-order valence-electron chi connectivity index (χ3n) is 6.78. The van der Waals surface area contributed by atoms with Gasteiger partial charge in [-0.3, -0.25) is 28.8 Å². The SMILES string of the molecule is C=C1C=CC(=O)C(C)(C)/C=C/[C@@H](C)C(=O)[C@@]2(OC(C)=O)C[C@@](C)(OC(C)=O)[C@H](OC(C)=O)[C@@H]2[C@H]1OC(C)=O. The van der Waals surface area contributed by atoms with Crippen LogP contribution in [-0.2, 0) is 47.7 Å². The zero-order valence-corrected chi connectivity index (χ0v) is 23.1. The number of ketones is 2. The first-order valence-electron chi connectivity index (χ1n) is 12.2. The highest BCUT2D eigenvalue weighted by Crippen LogP contribution is 2.53. The lowest BCUT2D eigenvalue weighted by molar-refractivity contribution is -0.188. The van der Waals surface area contributed by atoms with Crippen LogP contribution in [0.25, 0.3) is 0 Å². The Morgan fingerprint density at radius 3 is 1.92 bits per heavy atom. The third kappa shape index (κ3) is 6.28. The zero-order chi connectivity index (χ0) is 29.2. The Morgan fingerprint density at radius 1 is 0.868 bits per heavy atom. The fraction of sp³-hybridized carbons (Fsp3) is 0.571. The lowest BCUT2D eigenvalue weighted by Gasteiger charge is -2.40. The van der Waals surface area contributed by atoms with Gasteiger partial charge in [0.1, 0.15) is 6.10 Å². The predicted molar refractivity (Wildman–Crippen MR) is 134 cm³/mol. The van der Waals surface area contributed by atoms with Crippen molar-refractivity contribution in [2.45, 2.75) is 85.2 Å². The summed E-state index contributed by atoms with van der Waals surface area (Å²) in [5, 5.41) is 0. The van der Waals surface area contributed by atoms with Crippen molar-refractivity contribution in [2.24, 2.45) is 17.3 Å². The molecule has 0 unspecified atom stereocenters. The number of hydrogen-bond acceptors (Lipinski definition) is 10. The standard InChI is InChI=1S/C28H36O10/c1-15-10-11-21(33)26(7,8)13-12-16(2)24(34)28(38-20(6)32)14-27(9,37-19(5)31)25(36-18(4)30)22(28)23(15)35-17(3)29/h10-13,16,22-23,25H,1,14H2,2-9H3/b11-10?,13-12+/t16-,22+,23+,25-,27-,28-/m1/s1. The predicted octanol–water partition coefficient (Wildman–Crippen LogP) is 2.98. The van der Waals surface area contributed by atoms with Gasteiger partial charge in [-0.05, 0) is 32.4 Å². The van der Waals surface area contributed by atoms with E-state index in [0.717, 1.165) is 27.7 Å². The summed E-state index contributed by atoms with van der Waals surface area (Å²) in [4.78, 5) is 76.4. The Bertz CT molecular complexity index is 1110. The molecule has 1 saturated carbocycles. The molecule has 0 aromatic carbocycles. The molecule has 0 aromatic heterocycles. The molecule has 38 heavy (non-hydrogen) atoms. The molecule has 0 aliphatic heterocycles. The van der Waals surface area contributed by atoms with E-state index in [0.29, 0.717) is 0 Å². The summed E-state index contributed by atoms with van der Waals surface area (Å²) < 4.78 is 22.6. The molecule has 0 N–H and O–H groups in total. The molecule has 0 bridgehead atoms. The quantitative estimate of drug-likeness (QED) is 0.301. The molecule has 0 radical (unpaired) electrons. The average Bonchev–Trinajstić information content (AvgIpc) is 2.98. The Balaban J connectivity index is 3.01. The molecule has 0 heterocycles. The summed E-state index contributed by atoms with van der Waals surface area (Å²) >= 11 is 0. The van der Waals surface area contributed by atoms with Crippen molar-refractivity contribution in [3.63, 3.8) is 0 Å². The van der Waals surface area contributed by atoms with E-state index in [2.05, 4.69) is 6.58 Å². The van der Waals surface area contributed by atoms with E-state index in [-0.39, 0.29) is 11.4 Å². The number of fused-ring (bicyclic) bond motifs is 1. The van der Waals surface area contributed by atoms with E-state index >= 15 is 0 Å². The van der Waals surface area contributed by atoms with Crippen LogP contribution in [-0.4, -0.2) is 58.9 Å². The van der Waals surface area contributed by atoms with Crippen LogP contribution in [0.5, 0.6) is 0 Å². The van der Waals surface area contributed by atoms with Gasteiger partial charge in [0.05, 0.1) is 5.92 Å². The highest BCUT2D eigenvalue weighted by molar-refractivity contribution is 5.97. The maximum absolute atomic E-state index is 14.3. The molecule has 2 aliphatic carbocycles. The number of rotatable bonds is 4. The summed E-state index contributed by atoms with van der Waals surface area (Å²) in [6, 6.07) is 0. The molecule has 0 saturated heterocycles. The molecule has 1 fully saturated rings. The Hall–Kier alpha value is -3.56. The largest absolute Gasteiger partial charge is 0.458 e. The van der Waals surface area contributed by atoms with Gasteiger partial charge in [0.2, 0.25) is 0 Å². The first-order valence-corrected chi connectivity index (χ1v) is 12.2. The van der Waals surface area contributed by atoms with Crippen LogP contribution < -0.4 is 0 Å². The zero-order valence-electron chi connectivity index (χ0n) is 23.1. The van der Waals surface area contributed by atoms with Crippen LogP contribution in [0.1, 0.15) is 61.8 Å². The van der Waals surface area contributed by atoms with Crippen molar-refractivity contribution < 1.29 is 47.7 Å². The minimum absolute atomic E-state index is 0.0695. The molecular formula is C28H36O10. The maximum Gasteiger partial charge on any atom is 0.303 e. The molecule has 0 amide bonds.